The molecule has 112 valence electrons. The fourth-order valence-electron chi connectivity index (χ4n) is 2.69. The first-order valence-corrected chi connectivity index (χ1v) is 7.11. The summed E-state index contributed by atoms with van der Waals surface area (Å²) in [6.45, 7) is 5.13. The molecule has 1 aromatic heterocycles. The van der Waals surface area contributed by atoms with Crippen molar-refractivity contribution in [1.29, 1.82) is 0 Å². The zero-order valence-corrected chi connectivity index (χ0v) is 12.2. The third-order valence-corrected chi connectivity index (χ3v) is 3.92. The summed E-state index contributed by atoms with van der Waals surface area (Å²) in [6.07, 6.45) is 3.99. The molecule has 1 saturated heterocycles. The Morgan fingerprint density at radius 1 is 1.55 bits per heavy atom. The van der Waals surface area contributed by atoms with Crippen LogP contribution in [0.3, 0.4) is 0 Å². The predicted octanol–water partition coefficient (Wildman–Crippen LogP) is 0.983. The molecule has 6 heteroatoms. The van der Waals surface area contributed by atoms with Crippen LogP contribution in [0.2, 0.25) is 0 Å². The average molecular weight is 281 g/mol. The largest absolute Gasteiger partial charge is 0.448 e. The maximum Gasteiger partial charge on any atom is 0.273 e. The lowest BCUT2D eigenvalue weighted by Crippen LogP contribution is -2.47. The Hall–Kier alpha value is -1.40. The molecule has 2 rings (SSSR count). The summed E-state index contributed by atoms with van der Waals surface area (Å²) in [5.74, 6) is 0.471. The van der Waals surface area contributed by atoms with Gasteiger partial charge in [-0.15, -0.1) is 0 Å². The average Bonchev–Trinajstić information content (AvgIpc) is 2.95. The van der Waals surface area contributed by atoms with Gasteiger partial charge < -0.3 is 19.8 Å². The molecule has 0 aliphatic carbocycles. The summed E-state index contributed by atoms with van der Waals surface area (Å²) in [6, 6.07) is 0. The minimum absolute atomic E-state index is 0.0196. The zero-order valence-electron chi connectivity index (χ0n) is 12.2. The molecule has 1 fully saturated rings. The Morgan fingerprint density at radius 3 is 2.95 bits per heavy atom. The van der Waals surface area contributed by atoms with Crippen molar-refractivity contribution in [2.45, 2.75) is 26.2 Å². The van der Waals surface area contributed by atoms with Crippen LogP contribution < -0.4 is 10.6 Å². The van der Waals surface area contributed by atoms with Crippen LogP contribution in [0.1, 0.15) is 36.0 Å². The molecule has 0 radical (unpaired) electrons. The van der Waals surface area contributed by atoms with Gasteiger partial charge in [0.25, 0.3) is 5.91 Å². The summed E-state index contributed by atoms with van der Waals surface area (Å²) in [5.41, 5.74) is 0.417. The molecule has 6 nitrogen and oxygen atoms in total. The molecule has 0 aromatic carbocycles. The highest BCUT2D eigenvalue weighted by molar-refractivity contribution is 5.93. The van der Waals surface area contributed by atoms with Gasteiger partial charge in [-0.2, -0.15) is 0 Å². The second-order valence-corrected chi connectivity index (χ2v) is 5.34. The summed E-state index contributed by atoms with van der Waals surface area (Å²) in [4.78, 5) is 16.2. The molecule has 1 aromatic rings. The number of aryl methyl sites for hydroxylation is 1. The van der Waals surface area contributed by atoms with Gasteiger partial charge in [0.1, 0.15) is 5.76 Å². The highest BCUT2D eigenvalue weighted by Crippen LogP contribution is 2.28. The van der Waals surface area contributed by atoms with Crippen LogP contribution in [0.4, 0.5) is 0 Å². The van der Waals surface area contributed by atoms with Crippen molar-refractivity contribution in [1.82, 2.24) is 15.6 Å². The minimum Gasteiger partial charge on any atom is -0.448 e. The molecule has 0 atom stereocenters. The number of ether oxygens (including phenoxy) is 1. The van der Waals surface area contributed by atoms with Crippen LogP contribution in [0.5, 0.6) is 0 Å². The minimum atomic E-state index is -0.162. The van der Waals surface area contributed by atoms with Crippen LogP contribution in [-0.4, -0.2) is 44.2 Å². The number of piperidine rings is 1. The van der Waals surface area contributed by atoms with E-state index in [2.05, 4.69) is 15.6 Å². The van der Waals surface area contributed by atoms with Crippen molar-refractivity contribution in [3.63, 3.8) is 0 Å². The molecule has 2 N–H and O–H groups in total. The van der Waals surface area contributed by atoms with Crippen molar-refractivity contribution in [2.75, 3.05) is 33.4 Å². The lowest BCUT2D eigenvalue weighted by Gasteiger charge is -2.37. The topological polar surface area (TPSA) is 76.4 Å². The molecule has 1 aliphatic heterocycles. The SMILES string of the molecule is CCc1ocnc1C(=O)NCC1(COC)CCNCC1. The molecule has 0 bridgehead atoms. The Morgan fingerprint density at radius 2 is 2.30 bits per heavy atom. The van der Waals surface area contributed by atoms with Crippen molar-refractivity contribution in [2.24, 2.45) is 5.41 Å². The Labute approximate surface area is 119 Å². The number of carbonyl (C=O) groups excluding carboxylic acids is 1. The normalized spacial score (nSPS) is 17.9. The van der Waals surface area contributed by atoms with Crippen molar-refractivity contribution in [3.05, 3.63) is 17.8 Å². The van der Waals surface area contributed by atoms with Gasteiger partial charge in [-0.1, -0.05) is 6.92 Å². The number of amides is 1. The van der Waals surface area contributed by atoms with E-state index < -0.39 is 0 Å². The number of oxazole rings is 1. The smallest absolute Gasteiger partial charge is 0.273 e. The maximum atomic E-state index is 12.2. The predicted molar refractivity (Wildman–Crippen MR) is 74.6 cm³/mol. The van der Waals surface area contributed by atoms with E-state index in [0.29, 0.717) is 31.0 Å². The lowest BCUT2D eigenvalue weighted by atomic mass is 9.79. The molecule has 20 heavy (non-hydrogen) atoms. The van der Waals surface area contributed by atoms with Gasteiger partial charge in [-0.25, -0.2) is 4.98 Å². The quantitative estimate of drug-likeness (QED) is 0.813. The zero-order chi connectivity index (χ0) is 14.4. The van der Waals surface area contributed by atoms with Gasteiger partial charge in [0.05, 0.1) is 6.61 Å². The third-order valence-electron chi connectivity index (χ3n) is 3.92. The fraction of sp³-hybridized carbons (Fsp3) is 0.714. The molecule has 0 spiro atoms. The fourth-order valence-corrected chi connectivity index (χ4v) is 2.69. The first kappa shape index (κ1) is 15.0. The Balaban J connectivity index is 1.97. The van der Waals surface area contributed by atoms with Crippen LogP contribution in [0, 0.1) is 5.41 Å². The van der Waals surface area contributed by atoms with E-state index in [-0.39, 0.29) is 11.3 Å². The lowest BCUT2D eigenvalue weighted by molar-refractivity contribution is 0.0510. The third kappa shape index (κ3) is 3.37. The van der Waals surface area contributed by atoms with E-state index in [1.54, 1.807) is 7.11 Å². The molecule has 2 heterocycles. The number of rotatable bonds is 6. The molecule has 0 saturated carbocycles. The summed E-state index contributed by atoms with van der Waals surface area (Å²) in [5, 5.41) is 6.32. The Kier molecular flexibility index (Phi) is 5.14. The van der Waals surface area contributed by atoms with Crippen LogP contribution in [-0.2, 0) is 11.2 Å². The Bertz CT molecular complexity index is 433. The molecule has 1 aliphatic rings. The first-order chi connectivity index (χ1) is 9.71. The molecular weight excluding hydrogens is 258 g/mol. The van der Waals surface area contributed by atoms with Gasteiger partial charge in [0.2, 0.25) is 0 Å². The van der Waals surface area contributed by atoms with Crippen molar-refractivity contribution < 1.29 is 13.9 Å². The van der Waals surface area contributed by atoms with E-state index in [1.165, 1.54) is 6.39 Å². The number of nitrogens with one attached hydrogen (secondary N) is 2. The first-order valence-electron chi connectivity index (χ1n) is 7.11. The van der Waals surface area contributed by atoms with Crippen LogP contribution in [0.25, 0.3) is 0 Å². The van der Waals surface area contributed by atoms with E-state index in [9.17, 15) is 4.79 Å². The van der Waals surface area contributed by atoms with Gasteiger partial charge in [-0.05, 0) is 25.9 Å². The van der Waals surface area contributed by atoms with Crippen LogP contribution in [0.15, 0.2) is 10.8 Å². The number of carbonyl (C=O) groups is 1. The monoisotopic (exact) mass is 281 g/mol. The van der Waals surface area contributed by atoms with Gasteiger partial charge in [0, 0.05) is 25.5 Å². The molecular formula is C14H23N3O3. The summed E-state index contributed by atoms with van der Waals surface area (Å²) < 4.78 is 10.5. The van der Waals surface area contributed by atoms with E-state index in [0.717, 1.165) is 25.9 Å². The van der Waals surface area contributed by atoms with Gasteiger partial charge >= 0.3 is 0 Å². The van der Waals surface area contributed by atoms with Crippen molar-refractivity contribution >= 4 is 5.91 Å². The standard InChI is InChI=1S/C14H23N3O3/c1-3-11-12(17-10-20-11)13(18)16-8-14(9-19-2)4-6-15-7-5-14/h10,15H,3-9H2,1-2H3,(H,16,18). The second kappa shape index (κ2) is 6.85. The van der Waals surface area contributed by atoms with Gasteiger partial charge in [-0.3, -0.25) is 4.79 Å². The number of hydrogen-bond donors (Lipinski definition) is 2. The summed E-state index contributed by atoms with van der Waals surface area (Å²) in [7, 11) is 1.71. The highest BCUT2D eigenvalue weighted by Gasteiger charge is 2.33. The van der Waals surface area contributed by atoms with Crippen LogP contribution >= 0.6 is 0 Å². The van der Waals surface area contributed by atoms with E-state index >= 15 is 0 Å². The number of nitrogens with zero attached hydrogens (tertiary/aromatic N) is 1. The van der Waals surface area contributed by atoms with Gasteiger partial charge in [0.15, 0.2) is 12.1 Å². The number of methoxy groups -OCH3 is 1. The highest BCUT2D eigenvalue weighted by atomic mass is 16.5. The second-order valence-electron chi connectivity index (χ2n) is 5.34. The molecule has 1 amide bonds. The number of aromatic nitrogens is 1. The van der Waals surface area contributed by atoms with Crippen molar-refractivity contribution in [3.8, 4) is 0 Å². The number of hydrogen-bond acceptors (Lipinski definition) is 5. The summed E-state index contributed by atoms with van der Waals surface area (Å²) >= 11 is 0. The maximum absolute atomic E-state index is 12.2. The molecule has 0 unspecified atom stereocenters. The van der Waals surface area contributed by atoms with E-state index in [4.69, 9.17) is 9.15 Å². The van der Waals surface area contributed by atoms with E-state index in [1.807, 2.05) is 6.92 Å².